The van der Waals surface area contributed by atoms with Crippen molar-refractivity contribution in [2.75, 3.05) is 0 Å². The molecule has 0 bridgehead atoms. The minimum absolute atomic E-state index is 0. The predicted molar refractivity (Wildman–Crippen MR) is 21.1 cm³/mol. The first-order valence-electron chi connectivity index (χ1n) is 1.11. The van der Waals surface area contributed by atoms with Crippen LogP contribution < -0.4 is 37.7 Å². The summed E-state index contributed by atoms with van der Waals surface area (Å²) in [6.45, 7) is 0. The molecule has 0 aromatic rings. The molecule has 0 aliphatic heterocycles. The summed E-state index contributed by atoms with van der Waals surface area (Å²) in [5.74, 6) is -3.65. The molecule has 5 nitrogen and oxygen atoms in total. The molecule has 0 saturated carbocycles. The Morgan fingerprint density at radius 2 is 1.11 bits per heavy atom. The summed E-state index contributed by atoms with van der Waals surface area (Å²) < 4.78 is 0. The summed E-state index contributed by atoms with van der Waals surface area (Å²) in [5.41, 5.74) is 0. The Morgan fingerprint density at radius 3 is 1.11 bits per heavy atom. The molecule has 0 radical (unpaired) electrons. The third-order valence-electron chi connectivity index (χ3n) is 0.183. The maximum atomic E-state index is 9.10. The molecule has 0 rings (SSSR count). The van der Waals surface area contributed by atoms with Gasteiger partial charge >= 0.3 is 49.7 Å². The van der Waals surface area contributed by atoms with Crippen molar-refractivity contribution in [3.8, 4) is 0 Å². The van der Waals surface area contributed by atoms with Gasteiger partial charge in [0.25, 0.3) is 0 Å². The molecule has 0 atom stereocenters. The number of carbonyl (C=O) groups is 2. The monoisotopic (exact) mass is 124 g/mol. The zero-order valence-corrected chi connectivity index (χ0v) is 5.21. The van der Waals surface area contributed by atoms with Crippen LogP contribution in [0.2, 0.25) is 0 Å². The first-order chi connectivity index (χ1) is 2.64. The number of carboxylic acids is 2. The van der Waals surface area contributed by atoms with Crippen molar-refractivity contribution in [2.24, 2.45) is 0 Å². The minimum atomic E-state index is -1.82. The van der Waals surface area contributed by atoms with Crippen LogP contribution in [0, 0.1) is 0 Å². The maximum absolute atomic E-state index is 9.10. The molecule has 0 aliphatic carbocycles. The molecular formula is C2H6Li2O5. The first-order valence-corrected chi connectivity index (χ1v) is 1.11. The van der Waals surface area contributed by atoms with E-state index in [2.05, 4.69) is 0 Å². The SMILES string of the molecule is O.O=C(O)C(=O)O.[H-].[H-].[Li+].[Li+]. The van der Waals surface area contributed by atoms with E-state index in [1.165, 1.54) is 0 Å². The van der Waals surface area contributed by atoms with Gasteiger partial charge in [0.1, 0.15) is 0 Å². The molecule has 46 valence electrons. The fourth-order valence-electron chi connectivity index (χ4n) is 0. The molecule has 0 unspecified atom stereocenters. The third-order valence-corrected chi connectivity index (χ3v) is 0.183. The smallest absolute Gasteiger partial charge is 1.00 e. The van der Waals surface area contributed by atoms with Gasteiger partial charge in [-0.25, -0.2) is 9.59 Å². The van der Waals surface area contributed by atoms with E-state index in [0.717, 1.165) is 0 Å². The van der Waals surface area contributed by atoms with E-state index < -0.39 is 11.9 Å². The molecular weight excluding hydrogens is 118 g/mol. The van der Waals surface area contributed by atoms with E-state index >= 15 is 0 Å². The normalized spacial score (nSPS) is 4.89. The van der Waals surface area contributed by atoms with Crippen molar-refractivity contribution < 1.29 is 65.9 Å². The topological polar surface area (TPSA) is 106 Å². The van der Waals surface area contributed by atoms with Gasteiger partial charge in [0.15, 0.2) is 0 Å². The molecule has 9 heavy (non-hydrogen) atoms. The quantitative estimate of drug-likeness (QED) is 0.247. The maximum Gasteiger partial charge on any atom is 1.00 e. The van der Waals surface area contributed by atoms with Crippen LogP contribution in [-0.2, 0) is 9.59 Å². The van der Waals surface area contributed by atoms with Crippen LogP contribution in [0.5, 0.6) is 0 Å². The van der Waals surface area contributed by atoms with E-state index in [1.807, 2.05) is 0 Å². The summed E-state index contributed by atoms with van der Waals surface area (Å²) in [4.78, 5) is 18.2. The summed E-state index contributed by atoms with van der Waals surface area (Å²) in [7, 11) is 0. The number of rotatable bonds is 0. The number of aliphatic carboxylic acids is 2. The van der Waals surface area contributed by atoms with Crippen molar-refractivity contribution in [2.45, 2.75) is 0 Å². The second-order valence-corrected chi connectivity index (χ2v) is 0.610. The molecule has 0 fully saturated rings. The Kier molecular flexibility index (Phi) is 28.0. The van der Waals surface area contributed by atoms with Gasteiger partial charge in [-0.05, 0) is 0 Å². The van der Waals surface area contributed by atoms with Gasteiger partial charge in [0.05, 0.1) is 0 Å². The predicted octanol–water partition coefficient (Wildman–Crippen LogP) is -7.44. The Balaban J connectivity index is -0.0000000125. The van der Waals surface area contributed by atoms with E-state index in [1.54, 1.807) is 0 Å². The van der Waals surface area contributed by atoms with E-state index in [4.69, 9.17) is 19.8 Å². The average Bonchev–Trinajstić information content (AvgIpc) is 1.36. The van der Waals surface area contributed by atoms with Gasteiger partial charge in [-0.15, -0.1) is 0 Å². The molecule has 0 amide bonds. The van der Waals surface area contributed by atoms with Crippen LogP contribution in [0.3, 0.4) is 0 Å². The van der Waals surface area contributed by atoms with E-state index in [-0.39, 0.29) is 46.1 Å². The summed E-state index contributed by atoms with van der Waals surface area (Å²) in [6.07, 6.45) is 0. The molecule has 0 saturated heterocycles. The molecule has 0 heterocycles. The molecule has 7 heteroatoms. The van der Waals surface area contributed by atoms with Crippen molar-refractivity contribution in [3.63, 3.8) is 0 Å². The molecule has 0 aromatic carbocycles. The van der Waals surface area contributed by atoms with Gasteiger partial charge in [0.2, 0.25) is 0 Å². The van der Waals surface area contributed by atoms with Gasteiger partial charge in [-0.3, -0.25) is 0 Å². The first kappa shape index (κ1) is 23.0. The van der Waals surface area contributed by atoms with Crippen molar-refractivity contribution in [1.29, 1.82) is 0 Å². The van der Waals surface area contributed by atoms with E-state index in [0.29, 0.717) is 0 Å². The zero-order chi connectivity index (χ0) is 5.15. The van der Waals surface area contributed by atoms with Crippen LogP contribution >= 0.6 is 0 Å². The minimum Gasteiger partial charge on any atom is -1.00 e. The molecule has 0 spiro atoms. The Bertz CT molecular complexity index is 86.5. The second-order valence-electron chi connectivity index (χ2n) is 0.610. The largest absolute Gasteiger partial charge is 1.00 e. The summed E-state index contributed by atoms with van der Waals surface area (Å²) in [6, 6.07) is 0. The van der Waals surface area contributed by atoms with Crippen LogP contribution in [0.15, 0.2) is 0 Å². The van der Waals surface area contributed by atoms with Crippen LogP contribution in [0.4, 0.5) is 0 Å². The fourth-order valence-corrected chi connectivity index (χ4v) is 0. The molecule has 4 N–H and O–H groups in total. The summed E-state index contributed by atoms with van der Waals surface area (Å²) >= 11 is 0. The third kappa shape index (κ3) is 17.9. The van der Waals surface area contributed by atoms with Crippen molar-refractivity contribution in [1.82, 2.24) is 0 Å². The standard InChI is InChI=1S/C2H2O4.2Li.H2O.2H/c3-1(4)2(5)6;;;;;/h(H,3,4)(H,5,6);;;1H2;;/q;2*+1;;2*-1. The van der Waals surface area contributed by atoms with Crippen LogP contribution in [0.25, 0.3) is 0 Å². The van der Waals surface area contributed by atoms with Crippen LogP contribution in [0.1, 0.15) is 2.85 Å². The van der Waals surface area contributed by atoms with E-state index in [9.17, 15) is 0 Å². The van der Waals surface area contributed by atoms with Crippen LogP contribution in [-0.4, -0.2) is 27.6 Å². The Morgan fingerprint density at radius 1 is 1.00 bits per heavy atom. The Hall–Kier alpha value is 0.0948. The van der Waals surface area contributed by atoms with Gasteiger partial charge in [0, 0.05) is 0 Å². The number of hydrogen-bond donors (Lipinski definition) is 2. The van der Waals surface area contributed by atoms with Gasteiger partial charge in [-0.1, -0.05) is 0 Å². The molecule has 0 aliphatic rings. The zero-order valence-electron chi connectivity index (χ0n) is 7.21. The number of hydrogen-bond acceptors (Lipinski definition) is 2. The fraction of sp³-hybridized carbons (Fsp3) is 0. The van der Waals surface area contributed by atoms with Crippen molar-refractivity contribution in [3.05, 3.63) is 0 Å². The van der Waals surface area contributed by atoms with Crippen molar-refractivity contribution >= 4 is 11.9 Å². The second kappa shape index (κ2) is 11.0. The number of carboxylic acid groups (broad SMARTS) is 2. The molecule has 0 aromatic heterocycles. The average molecular weight is 124 g/mol. The Labute approximate surface area is 78.1 Å². The van der Waals surface area contributed by atoms with Gasteiger partial charge in [-0.2, -0.15) is 0 Å². The summed E-state index contributed by atoms with van der Waals surface area (Å²) in [5, 5.41) is 14.8. The van der Waals surface area contributed by atoms with Gasteiger partial charge < -0.3 is 18.5 Å².